The molecule has 1 aliphatic rings. The van der Waals surface area contributed by atoms with Gasteiger partial charge in [-0.1, -0.05) is 18.2 Å². The summed E-state index contributed by atoms with van der Waals surface area (Å²) in [6.45, 7) is 2.86. The third kappa shape index (κ3) is 3.91. The number of hydrogen-bond donors (Lipinski definition) is 1. The van der Waals surface area contributed by atoms with Crippen molar-refractivity contribution in [2.45, 2.75) is 26.3 Å². The Kier molecular flexibility index (Phi) is 4.86. The highest BCUT2D eigenvalue weighted by atomic mass is 16.1. The normalized spacial score (nSPS) is 13.4. The first kappa shape index (κ1) is 18.2. The van der Waals surface area contributed by atoms with E-state index in [2.05, 4.69) is 19.9 Å². The maximum absolute atomic E-state index is 13.0. The largest absolute Gasteiger partial charge is 0.347 e. The molecule has 6 heteroatoms. The number of benzene rings is 1. The Hall–Kier alpha value is -3.15. The first-order valence-corrected chi connectivity index (χ1v) is 9.58. The summed E-state index contributed by atoms with van der Waals surface area (Å²) in [4.78, 5) is 23.7. The number of amides is 1. The van der Waals surface area contributed by atoms with E-state index in [9.17, 15) is 4.79 Å². The quantitative estimate of drug-likeness (QED) is 0.708. The van der Waals surface area contributed by atoms with Crippen LogP contribution in [0.3, 0.4) is 0 Å². The minimum Gasteiger partial charge on any atom is -0.347 e. The van der Waals surface area contributed by atoms with Crippen molar-refractivity contribution < 1.29 is 4.79 Å². The second-order valence-corrected chi connectivity index (χ2v) is 7.64. The van der Waals surface area contributed by atoms with Gasteiger partial charge in [0.15, 0.2) is 0 Å². The highest BCUT2D eigenvalue weighted by Crippen LogP contribution is 2.33. The average molecular weight is 375 g/mol. The van der Waals surface area contributed by atoms with Crippen LogP contribution in [0, 0.1) is 12.8 Å². The maximum Gasteiger partial charge on any atom is 0.272 e. The lowest BCUT2D eigenvalue weighted by molar-refractivity contribution is 0.101. The monoisotopic (exact) mass is 375 g/mol. The molecule has 0 unspecified atom stereocenters. The van der Waals surface area contributed by atoms with Crippen molar-refractivity contribution in [2.75, 3.05) is 24.3 Å². The van der Waals surface area contributed by atoms with Crippen molar-refractivity contribution >= 4 is 17.5 Å². The first-order valence-electron chi connectivity index (χ1n) is 9.58. The second-order valence-electron chi connectivity index (χ2n) is 7.64. The summed E-state index contributed by atoms with van der Waals surface area (Å²) in [5.74, 6) is 1.24. The summed E-state index contributed by atoms with van der Waals surface area (Å²) in [6, 6.07) is 9.76. The minimum atomic E-state index is -0.0907. The fraction of sp³-hybridized carbons (Fsp3) is 0.318. The lowest BCUT2D eigenvalue weighted by atomic mass is 10.1. The van der Waals surface area contributed by atoms with Crippen LogP contribution in [0.1, 0.15) is 28.9 Å². The molecule has 0 atom stereocenters. The van der Waals surface area contributed by atoms with Crippen molar-refractivity contribution in [1.82, 2.24) is 14.5 Å². The summed E-state index contributed by atoms with van der Waals surface area (Å²) < 4.78 is 2.07. The standard InChI is InChI=1S/C22H25N5O/c1-15-6-4-5-7-19(15)25-21(28)20-10-17(14-27(20)13-16-8-9-16)18-11-23-22(24-12-18)26(2)3/h4-7,10-12,14,16H,8-9,13H2,1-3H3,(H,25,28). The molecule has 0 aliphatic heterocycles. The molecule has 1 saturated carbocycles. The van der Waals surface area contributed by atoms with Crippen molar-refractivity contribution in [2.24, 2.45) is 5.92 Å². The van der Waals surface area contributed by atoms with Gasteiger partial charge in [-0.3, -0.25) is 4.79 Å². The average Bonchev–Trinajstić information content (AvgIpc) is 3.40. The molecular weight excluding hydrogens is 350 g/mol. The maximum atomic E-state index is 13.0. The van der Waals surface area contributed by atoms with Gasteiger partial charge in [-0.2, -0.15) is 0 Å². The van der Waals surface area contributed by atoms with Crippen molar-refractivity contribution in [3.05, 3.63) is 60.2 Å². The van der Waals surface area contributed by atoms with Crippen LogP contribution in [0.4, 0.5) is 11.6 Å². The predicted octanol–water partition coefficient (Wildman–Crippen LogP) is 3.98. The van der Waals surface area contributed by atoms with Crippen LogP contribution >= 0.6 is 0 Å². The number of aryl methyl sites for hydroxylation is 1. The number of rotatable bonds is 6. The molecule has 2 heterocycles. The van der Waals surface area contributed by atoms with Crippen molar-refractivity contribution in [1.29, 1.82) is 0 Å². The molecule has 0 bridgehead atoms. The number of carbonyl (C=O) groups excluding carboxylic acids is 1. The number of hydrogen-bond acceptors (Lipinski definition) is 4. The zero-order valence-electron chi connectivity index (χ0n) is 16.5. The Morgan fingerprint density at radius 3 is 2.54 bits per heavy atom. The van der Waals surface area contributed by atoms with E-state index in [1.807, 2.05) is 74.8 Å². The first-order chi connectivity index (χ1) is 13.5. The zero-order valence-corrected chi connectivity index (χ0v) is 16.5. The summed E-state index contributed by atoms with van der Waals surface area (Å²) in [6.07, 6.45) is 8.11. The van der Waals surface area contributed by atoms with Gasteiger partial charge in [-0.15, -0.1) is 0 Å². The Morgan fingerprint density at radius 1 is 1.18 bits per heavy atom. The highest BCUT2D eigenvalue weighted by Gasteiger charge is 2.25. The summed E-state index contributed by atoms with van der Waals surface area (Å²) >= 11 is 0. The molecule has 3 aromatic rings. The third-order valence-corrected chi connectivity index (χ3v) is 5.05. The van der Waals surface area contributed by atoms with E-state index in [1.165, 1.54) is 12.8 Å². The molecule has 1 aliphatic carbocycles. The van der Waals surface area contributed by atoms with E-state index in [-0.39, 0.29) is 5.91 Å². The van der Waals surface area contributed by atoms with Gasteiger partial charge in [0.1, 0.15) is 5.69 Å². The zero-order chi connectivity index (χ0) is 19.7. The molecule has 1 amide bonds. The lowest BCUT2D eigenvalue weighted by Crippen LogP contribution is -2.17. The Labute approximate surface area is 165 Å². The van der Waals surface area contributed by atoms with E-state index in [4.69, 9.17) is 0 Å². The van der Waals surface area contributed by atoms with E-state index in [0.717, 1.165) is 28.9 Å². The number of aromatic nitrogens is 3. The smallest absolute Gasteiger partial charge is 0.272 e. The molecule has 6 nitrogen and oxygen atoms in total. The van der Waals surface area contributed by atoms with Crippen LogP contribution in [-0.2, 0) is 6.54 Å². The van der Waals surface area contributed by atoms with Gasteiger partial charge < -0.3 is 14.8 Å². The summed E-state index contributed by atoms with van der Waals surface area (Å²) in [5, 5.41) is 3.05. The van der Waals surface area contributed by atoms with E-state index >= 15 is 0 Å². The topological polar surface area (TPSA) is 63.1 Å². The SMILES string of the molecule is Cc1ccccc1NC(=O)c1cc(-c2cnc(N(C)C)nc2)cn1CC1CC1. The van der Waals surface area contributed by atoms with E-state index in [0.29, 0.717) is 17.6 Å². The molecule has 0 radical (unpaired) electrons. The molecule has 4 rings (SSSR count). The molecule has 0 spiro atoms. The van der Waals surface area contributed by atoms with Crippen LogP contribution in [0.25, 0.3) is 11.1 Å². The molecule has 0 saturated heterocycles. The van der Waals surface area contributed by atoms with Gasteiger partial charge in [0.05, 0.1) is 0 Å². The minimum absolute atomic E-state index is 0.0907. The van der Waals surface area contributed by atoms with Crippen LogP contribution in [0.15, 0.2) is 48.9 Å². The van der Waals surface area contributed by atoms with Crippen LogP contribution in [-0.4, -0.2) is 34.5 Å². The van der Waals surface area contributed by atoms with E-state index < -0.39 is 0 Å². The fourth-order valence-corrected chi connectivity index (χ4v) is 3.19. The predicted molar refractivity (Wildman–Crippen MR) is 112 cm³/mol. The number of para-hydroxylation sites is 1. The van der Waals surface area contributed by atoms with Gasteiger partial charge in [0, 0.05) is 56.0 Å². The third-order valence-electron chi connectivity index (χ3n) is 5.05. The van der Waals surface area contributed by atoms with Gasteiger partial charge in [0.2, 0.25) is 5.95 Å². The number of nitrogens with zero attached hydrogens (tertiary/aromatic N) is 4. The molecule has 144 valence electrons. The second kappa shape index (κ2) is 7.46. The Balaban J connectivity index is 1.63. The summed E-state index contributed by atoms with van der Waals surface area (Å²) in [7, 11) is 3.82. The molecule has 1 fully saturated rings. The molecule has 28 heavy (non-hydrogen) atoms. The van der Waals surface area contributed by atoms with Gasteiger partial charge in [0.25, 0.3) is 5.91 Å². The van der Waals surface area contributed by atoms with Gasteiger partial charge >= 0.3 is 0 Å². The Bertz CT molecular complexity index is 986. The molecule has 1 N–H and O–H groups in total. The van der Waals surface area contributed by atoms with Crippen LogP contribution in [0.2, 0.25) is 0 Å². The number of anilines is 2. The molecular formula is C22H25N5O. The number of carbonyl (C=O) groups is 1. The van der Waals surface area contributed by atoms with Crippen LogP contribution < -0.4 is 10.2 Å². The van der Waals surface area contributed by atoms with Crippen molar-refractivity contribution in [3.63, 3.8) is 0 Å². The highest BCUT2D eigenvalue weighted by molar-refractivity contribution is 6.04. The molecule has 1 aromatic carbocycles. The summed E-state index contributed by atoms with van der Waals surface area (Å²) in [5.41, 5.74) is 4.42. The lowest BCUT2D eigenvalue weighted by Gasteiger charge is -2.10. The van der Waals surface area contributed by atoms with Crippen molar-refractivity contribution in [3.8, 4) is 11.1 Å². The Morgan fingerprint density at radius 2 is 1.89 bits per heavy atom. The van der Waals surface area contributed by atoms with Crippen LogP contribution in [0.5, 0.6) is 0 Å². The van der Waals surface area contributed by atoms with Gasteiger partial charge in [-0.05, 0) is 43.4 Å². The van der Waals surface area contributed by atoms with E-state index in [1.54, 1.807) is 0 Å². The fourth-order valence-electron chi connectivity index (χ4n) is 3.19. The van der Waals surface area contributed by atoms with Gasteiger partial charge in [-0.25, -0.2) is 9.97 Å². The molecule has 2 aromatic heterocycles. The number of nitrogens with one attached hydrogen (secondary N) is 1.